The third-order valence-corrected chi connectivity index (χ3v) is 6.16. The lowest BCUT2D eigenvalue weighted by Gasteiger charge is -2.20. The quantitative estimate of drug-likeness (QED) is 0.198. The molecule has 0 saturated carbocycles. The Kier molecular flexibility index (Phi) is 12.6. The van der Waals surface area contributed by atoms with Gasteiger partial charge in [-0.3, -0.25) is 4.90 Å². The van der Waals surface area contributed by atoms with E-state index in [1.807, 2.05) is 49.4 Å². The van der Waals surface area contributed by atoms with Crippen molar-refractivity contribution in [2.45, 2.75) is 72.1 Å². The first-order valence-electron chi connectivity index (χ1n) is 13.2. The summed E-state index contributed by atoms with van der Waals surface area (Å²) in [5.74, 6) is -0.209. The summed E-state index contributed by atoms with van der Waals surface area (Å²) in [7, 11) is 1.77. The molecule has 0 saturated heterocycles. The van der Waals surface area contributed by atoms with E-state index in [0.717, 1.165) is 48.1 Å². The lowest BCUT2D eigenvalue weighted by Crippen LogP contribution is -2.37. The normalized spacial score (nSPS) is 11.3. The SMILES string of the molecule is CCCCCCCNC(=O)N(C)c1cccc(-c2ccc(C=C(CC)C(=O)O)cc2OCCCC)c1. The molecule has 36 heavy (non-hydrogen) atoms. The zero-order valence-corrected chi connectivity index (χ0v) is 22.3. The van der Waals surface area contributed by atoms with Crippen LogP contribution in [0.4, 0.5) is 10.5 Å². The van der Waals surface area contributed by atoms with Crippen molar-refractivity contribution in [1.82, 2.24) is 5.32 Å². The first-order chi connectivity index (χ1) is 17.4. The van der Waals surface area contributed by atoms with Crippen molar-refractivity contribution < 1.29 is 19.4 Å². The molecule has 2 aromatic rings. The summed E-state index contributed by atoms with van der Waals surface area (Å²) in [6.07, 6.45) is 9.84. The molecule has 196 valence electrons. The topological polar surface area (TPSA) is 78.9 Å². The van der Waals surface area contributed by atoms with Crippen molar-refractivity contribution in [3.63, 3.8) is 0 Å². The summed E-state index contributed by atoms with van der Waals surface area (Å²) in [5.41, 5.74) is 3.77. The van der Waals surface area contributed by atoms with E-state index >= 15 is 0 Å². The Bertz CT molecular complexity index is 1020. The van der Waals surface area contributed by atoms with Crippen LogP contribution in [0.1, 0.15) is 77.7 Å². The number of benzene rings is 2. The molecular weight excluding hydrogens is 452 g/mol. The van der Waals surface area contributed by atoms with E-state index in [1.165, 1.54) is 19.3 Å². The van der Waals surface area contributed by atoms with Crippen LogP contribution in [-0.4, -0.2) is 37.3 Å². The maximum atomic E-state index is 12.7. The zero-order chi connectivity index (χ0) is 26.3. The minimum Gasteiger partial charge on any atom is -0.493 e. The van der Waals surface area contributed by atoms with Gasteiger partial charge in [0.25, 0.3) is 0 Å². The number of anilines is 1. The van der Waals surface area contributed by atoms with Crippen LogP contribution in [0, 0.1) is 0 Å². The second kappa shape index (κ2) is 15.7. The number of nitrogens with one attached hydrogen (secondary N) is 1. The van der Waals surface area contributed by atoms with E-state index in [4.69, 9.17) is 4.74 Å². The first-order valence-corrected chi connectivity index (χ1v) is 13.2. The number of unbranched alkanes of at least 4 members (excludes halogenated alkanes) is 5. The molecule has 2 N–H and O–H groups in total. The fourth-order valence-electron chi connectivity index (χ4n) is 3.87. The van der Waals surface area contributed by atoms with Gasteiger partial charge in [0.05, 0.1) is 6.61 Å². The predicted octanol–water partition coefficient (Wildman–Crippen LogP) is 7.53. The van der Waals surface area contributed by atoms with Gasteiger partial charge in [-0.1, -0.05) is 77.1 Å². The van der Waals surface area contributed by atoms with Crippen molar-refractivity contribution in [2.24, 2.45) is 0 Å². The average Bonchev–Trinajstić information content (AvgIpc) is 2.88. The molecule has 6 nitrogen and oxygen atoms in total. The van der Waals surface area contributed by atoms with E-state index in [9.17, 15) is 14.7 Å². The highest BCUT2D eigenvalue weighted by Crippen LogP contribution is 2.34. The number of ether oxygens (including phenoxy) is 1. The van der Waals surface area contributed by atoms with Crippen molar-refractivity contribution in [3.05, 3.63) is 53.6 Å². The lowest BCUT2D eigenvalue weighted by molar-refractivity contribution is -0.132. The van der Waals surface area contributed by atoms with Crippen LogP contribution < -0.4 is 15.0 Å². The summed E-state index contributed by atoms with van der Waals surface area (Å²) in [5, 5.41) is 12.4. The van der Waals surface area contributed by atoms with Gasteiger partial charge in [-0.15, -0.1) is 0 Å². The molecular formula is C30H42N2O4. The molecule has 2 amide bonds. The highest BCUT2D eigenvalue weighted by molar-refractivity contribution is 5.93. The molecule has 2 aromatic carbocycles. The largest absolute Gasteiger partial charge is 0.493 e. The van der Waals surface area contributed by atoms with Gasteiger partial charge in [-0.2, -0.15) is 0 Å². The number of aliphatic carboxylic acids is 1. The smallest absolute Gasteiger partial charge is 0.331 e. The monoisotopic (exact) mass is 494 g/mol. The Morgan fingerprint density at radius 3 is 2.42 bits per heavy atom. The number of carboxylic acids is 1. The van der Waals surface area contributed by atoms with Crippen molar-refractivity contribution in [1.29, 1.82) is 0 Å². The highest BCUT2D eigenvalue weighted by atomic mass is 16.5. The third-order valence-electron chi connectivity index (χ3n) is 6.16. The summed E-state index contributed by atoms with van der Waals surface area (Å²) >= 11 is 0. The fourth-order valence-corrected chi connectivity index (χ4v) is 3.87. The minimum atomic E-state index is -0.912. The van der Waals surface area contributed by atoms with Crippen LogP contribution in [0.5, 0.6) is 5.75 Å². The van der Waals surface area contributed by atoms with Gasteiger partial charge in [-0.05, 0) is 54.7 Å². The Hall–Kier alpha value is -3.28. The van der Waals surface area contributed by atoms with Gasteiger partial charge in [0, 0.05) is 30.4 Å². The molecule has 0 spiro atoms. The molecule has 0 fully saturated rings. The average molecular weight is 495 g/mol. The number of hydrogen-bond acceptors (Lipinski definition) is 3. The van der Waals surface area contributed by atoms with Crippen LogP contribution in [0.3, 0.4) is 0 Å². The summed E-state index contributed by atoms with van der Waals surface area (Å²) in [6, 6.07) is 13.5. The van der Waals surface area contributed by atoms with Gasteiger partial charge < -0.3 is 15.2 Å². The molecule has 0 atom stereocenters. The molecule has 0 aliphatic carbocycles. The van der Waals surface area contributed by atoms with Gasteiger partial charge in [-0.25, -0.2) is 9.59 Å². The van der Waals surface area contributed by atoms with E-state index in [2.05, 4.69) is 19.2 Å². The number of carboxylic acid groups (broad SMARTS) is 1. The maximum absolute atomic E-state index is 12.7. The minimum absolute atomic E-state index is 0.122. The summed E-state index contributed by atoms with van der Waals surface area (Å²) < 4.78 is 6.12. The van der Waals surface area contributed by atoms with Crippen LogP contribution in [-0.2, 0) is 4.79 Å². The number of carbonyl (C=O) groups excluding carboxylic acids is 1. The molecule has 0 bridgehead atoms. The van der Waals surface area contributed by atoms with Gasteiger partial charge in [0.1, 0.15) is 5.75 Å². The summed E-state index contributed by atoms with van der Waals surface area (Å²) in [4.78, 5) is 25.8. The second-order valence-corrected chi connectivity index (χ2v) is 9.04. The Balaban J connectivity index is 2.24. The molecule has 6 heteroatoms. The number of rotatable bonds is 15. The lowest BCUT2D eigenvalue weighted by atomic mass is 10.0. The van der Waals surface area contributed by atoms with Crippen LogP contribution in [0.15, 0.2) is 48.0 Å². The number of urea groups is 1. The molecule has 0 radical (unpaired) electrons. The van der Waals surface area contributed by atoms with Crippen LogP contribution >= 0.6 is 0 Å². The highest BCUT2D eigenvalue weighted by Gasteiger charge is 2.14. The second-order valence-electron chi connectivity index (χ2n) is 9.04. The number of nitrogens with zero attached hydrogens (tertiary/aromatic N) is 1. The zero-order valence-electron chi connectivity index (χ0n) is 22.3. The molecule has 2 rings (SSSR count). The van der Waals surface area contributed by atoms with Gasteiger partial charge in [0.15, 0.2) is 0 Å². The molecule has 0 unspecified atom stereocenters. The van der Waals surface area contributed by atoms with Crippen molar-refractivity contribution in [2.75, 3.05) is 25.1 Å². The first kappa shape index (κ1) is 29.0. The fraction of sp³-hybridized carbons (Fsp3) is 0.467. The third kappa shape index (κ3) is 9.06. The standard InChI is InChI=1S/C30H42N2O4/c1-5-8-10-11-12-18-31-30(35)32(4)26-15-13-14-25(22-26)27-17-16-23(20-24(7-3)29(33)34)21-28(27)36-19-9-6-2/h13-17,20-22H,5-12,18-19H2,1-4H3,(H,31,35)(H,33,34). The Morgan fingerprint density at radius 2 is 1.72 bits per heavy atom. The maximum Gasteiger partial charge on any atom is 0.331 e. The summed E-state index contributed by atoms with van der Waals surface area (Å²) in [6.45, 7) is 7.39. The number of carbonyl (C=O) groups is 2. The predicted molar refractivity (Wildman–Crippen MR) is 149 cm³/mol. The number of hydrogen-bond donors (Lipinski definition) is 2. The van der Waals surface area contributed by atoms with Crippen molar-refractivity contribution in [3.8, 4) is 16.9 Å². The van der Waals surface area contributed by atoms with E-state index in [1.54, 1.807) is 18.0 Å². The van der Waals surface area contributed by atoms with E-state index in [0.29, 0.717) is 30.9 Å². The molecule has 0 aromatic heterocycles. The van der Waals surface area contributed by atoms with Gasteiger partial charge in [0.2, 0.25) is 0 Å². The molecule has 0 aliphatic rings. The van der Waals surface area contributed by atoms with Crippen LogP contribution in [0.25, 0.3) is 17.2 Å². The van der Waals surface area contributed by atoms with Gasteiger partial charge >= 0.3 is 12.0 Å². The Morgan fingerprint density at radius 1 is 0.972 bits per heavy atom. The van der Waals surface area contributed by atoms with Crippen molar-refractivity contribution >= 4 is 23.8 Å². The number of amides is 2. The van der Waals surface area contributed by atoms with E-state index < -0.39 is 5.97 Å². The molecule has 0 heterocycles. The molecule has 0 aliphatic heterocycles. The van der Waals surface area contributed by atoms with Crippen LogP contribution in [0.2, 0.25) is 0 Å². The van der Waals surface area contributed by atoms with E-state index in [-0.39, 0.29) is 6.03 Å². The Labute approximate surface area is 216 Å².